The van der Waals surface area contributed by atoms with Gasteiger partial charge in [-0.2, -0.15) is 8.42 Å². The molecule has 0 bridgehead atoms. The molecule has 0 fully saturated rings. The molecule has 2 aromatic heterocycles. The van der Waals surface area contributed by atoms with Crippen molar-refractivity contribution in [3.8, 4) is 11.1 Å². The molecule has 0 radical (unpaired) electrons. The van der Waals surface area contributed by atoms with Crippen molar-refractivity contribution in [3.63, 3.8) is 0 Å². The minimum absolute atomic E-state index is 0.253. The quantitative estimate of drug-likeness (QED) is 0.262. The van der Waals surface area contributed by atoms with Gasteiger partial charge in [-0.3, -0.25) is 18.9 Å². The third kappa shape index (κ3) is 5.85. The lowest BCUT2D eigenvalue weighted by Gasteiger charge is -2.16. The molecule has 2 aromatic carbocycles. The van der Waals surface area contributed by atoms with Crippen LogP contribution in [0.25, 0.3) is 11.1 Å². The highest BCUT2D eigenvalue weighted by Crippen LogP contribution is 2.24. The van der Waals surface area contributed by atoms with Crippen molar-refractivity contribution in [2.75, 3.05) is 4.72 Å². The molecule has 12 nitrogen and oxygen atoms in total. The van der Waals surface area contributed by atoms with E-state index in [0.717, 1.165) is 16.9 Å². The third-order valence-corrected chi connectivity index (χ3v) is 7.80. The van der Waals surface area contributed by atoms with E-state index < -0.39 is 67.2 Å². The van der Waals surface area contributed by atoms with Crippen LogP contribution >= 0.6 is 0 Å². The van der Waals surface area contributed by atoms with E-state index in [1.54, 1.807) is 19.1 Å². The molecule has 0 saturated heterocycles. The highest BCUT2D eigenvalue weighted by atomic mass is 32.2. The summed E-state index contributed by atoms with van der Waals surface area (Å²) in [6, 6.07) is 7.87. The van der Waals surface area contributed by atoms with Crippen molar-refractivity contribution in [3.05, 3.63) is 104 Å². The summed E-state index contributed by atoms with van der Waals surface area (Å²) in [6.07, 6.45) is 0.819. The summed E-state index contributed by atoms with van der Waals surface area (Å²) in [4.78, 5) is 49.4. The van der Waals surface area contributed by atoms with Gasteiger partial charge >= 0.3 is 11.7 Å². The number of nitrogens with one attached hydrogen (secondary N) is 2. The van der Waals surface area contributed by atoms with Gasteiger partial charge in [0.15, 0.2) is 0 Å². The molecule has 0 aliphatic rings. The van der Waals surface area contributed by atoms with Crippen LogP contribution in [-0.4, -0.2) is 40.6 Å². The molecule has 220 valence electrons. The van der Waals surface area contributed by atoms with Crippen molar-refractivity contribution < 1.29 is 36.3 Å². The van der Waals surface area contributed by atoms with Crippen molar-refractivity contribution in [2.24, 2.45) is 14.1 Å². The number of halogens is 2. The summed E-state index contributed by atoms with van der Waals surface area (Å²) in [5.41, 5.74) is -1.02. The Kier molecular flexibility index (Phi) is 8.15. The van der Waals surface area contributed by atoms with Crippen molar-refractivity contribution in [1.29, 1.82) is 0 Å². The van der Waals surface area contributed by atoms with Crippen LogP contribution < -0.4 is 21.3 Å². The Balaban J connectivity index is 1.53. The van der Waals surface area contributed by atoms with E-state index in [4.69, 9.17) is 4.42 Å². The highest BCUT2D eigenvalue weighted by molar-refractivity contribution is 7.92. The minimum Gasteiger partial charge on any atom is -0.480 e. The first-order chi connectivity index (χ1) is 19.7. The zero-order valence-corrected chi connectivity index (χ0v) is 23.2. The maximum absolute atomic E-state index is 14.7. The lowest BCUT2D eigenvalue weighted by atomic mass is 10.00. The second-order valence-electron chi connectivity index (χ2n) is 9.28. The van der Waals surface area contributed by atoms with Gasteiger partial charge in [0.25, 0.3) is 21.5 Å². The number of benzene rings is 2. The number of nitrogens with zero attached hydrogens (tertiary/aromatic N) is 2. The maximum Gasteiger partial charge on any atom is 0.330 e. The zero-order chi connectivity index (χ0) is 30.9. The number of anilines is 1. The number of carbonyl (C=O) groups is 2. The SMILES string of the molecule is Cc1c(-c2ccc(C[C@H](NC(=O)c3cc(F)c(NS(=O)(=O)c4ccco4)cc3F)C(=O)O)cc2)c(=O)n(C)c(=O)n1C. The minimum atomic E-state index is -4.37. The number of carboxylic acid groups (broad SMARTS) is 1. The number of furan rings is 1. The van der Waals surface area contributed by atoms with Gasteiger partial charge in [-0.1, -0.05) is 24.3 Å². The Morgan fingerprint density at radius 2 is 1.69 bits per heavy atom. The molecule has 0 spiro atoms. The summed E-state index contributed by atoms with van der Waals surface area (Å²) in [7, 11) is -1.50. The number of aliphatic carboxylic acids is 1. The number of hydrogen-bond acceptors (Lipinski definition) is 7. The van der Waals surface area contributed by atoms with Gasteiger partial charge in [-0.15, -0.1) is 0 Å². The molecule has 0 aliphatic heterocycles. The second kappa shape index (κ2) is 11.4. The number of hydrogen-bond donors (Lipinski definition) is 3. The monoisotopic (exact) mass is 602 g/mol. The number of carbonyl (C=O) groups excluding carboxylic acids is 1. The molecule has 4 rings (SSSR count). The Morgan fingerprint density at radius 1 is 1.02 bits per heavy atom. The van der Waals surface area contributed by atoms with Gasteiger partial charge in [0.1, 0.15) is 17.7 Å². The van der Waals surface area contributed by atoms with Crippen LogP contribution in [-0.2, 0) is 35.3 Å². The average molecular weight is 603 g/mol. The fraction of sp³-hybridized carbons (Fsp3) is 0.185. The van der Waals surface area contributed by atoms with Crippen molar-refractivity contribution in [1.82, 2.24) is 14.5 Å². The molecule has 1 atom stereocenters. The molecule has 4 aromatic rings. The number of amides is 1. The normalized spacial score (nSPS) is 12.1. The molecule has 0 saturated carbocycles. The summed E-state index contributed by atoms with van der Waals surface area (Å²) in [6.45, 7) is 1.62. The van der Waals surface area contributed by atoms with E-state index in [2.05, 4.69) is 5.32 Å². The molecule has 3 N–H and O–H groups in total. The predicted molar refractivity (Wildman–Crippen MR) is 146 cm³/mol. The van der Waals surface area contributed by atoms with Crippen LogP contribution in [0.2, 0.25) is 0 Å². The Labute approximate surface area is 236 Å². The van der Waals surface area contributed by atoms with Gasteiger partial charge in [0.2, 0.25) is 5.09 Å². The van der Waals surface area contributed by atoms with E-state index in [0.29, 0.717) is 29.0 Å². The van der Waals surface area contributed by atoms with Gasteiger partial charge in [-0.25, -0.2) is 18.4 Å². The molecule has 2 heterocycles. The molecular formula is C27H24F2N4O8S. The van der Waals surface area contributed by atoms with Gasteiger partial charge in [-0.05, 0) is 36.2 Å². The highest BCUT2D eigenvalue weighted by Gasteiger charge is 2.26. The van der Waals surface area contributed by atoms with Crippen molar-refractivity contribution >= 4 is 27.6 Å². The number of rotatable bonds is 9. The summed E-state index contributed by atoms with van der Waals surface area (Å²) < 4.78 is 62.8. The largest absolute Gasteiger partial charge is 0.480 e. The van der Waals surface area contributed by atoms with Crippen LogP contribution in [0.1, 0.15) is 21.6 Å². The Morgan fingerprint density at radius 3 is 2.29 bits per heavy atom. The van der Waals surface area contributed by atoms with Crippen LogP contribution in [0.15, 0.2) is 73.9 Å². The van der Waals surface area contributed by atoms with E-state index in [9.17, 15) is 41.5 Å². The number of carboxylic acids is 1. The number of aromatic nitrogens is 2. The molecule has 0 unspecified atom stereocenters. The molecule has 1 amide bonds. The number of sulfonamides is 1. The molecule has 15 heteroatoms. The van der Waals surface area contributed by atoms with E-state index >= 15 is 0 Å². The maximum atomic E-state index is 14.7. The first-order valence-electron chi connectivity index (χ1n) is 12.2. The average Bonchev–Trinajstić information content (AvgIpc) is 3.49. The summed E-state index contributed by atoms with van der Waals surface area (Å²) >= 11 is 0. The standard InChI is InChI=1S/C27H24F2N4O8S/c1-14-23(25(35)33(3)27(38)32(14)2)16-8-6-15(7-9-16)11-21(26(36)37)30-24(34)17-12-19(29)20(13-18(17)28)31-42(39,40)22-5-4-10-41-22/h4-10,12-13,21,31H,11H2,1-3H3,(H,30,34)(H,36,37)/t21-/m0/s1. The summed E-state index contributed by atoms with van der Waals surface area (Å²) in [5.74, 6) is -5.31. The molecular weight excluding hydrogens is 578 g/mol. The van der Waals surface area contributed by atoms with Crippen LogP contribution in [0, 0.1) is 18.6 Å². The van der Waals surface area contributed by atoms with Crippen LogP contribution in [0.3, 0.4) is 0 Å². The van der Waals surface area contributed by atoms with Gasteiger partial charge < -0.3 is 19.4 Å². The van der Waals surface area contributed by atoms with Crippen LogP contribution in [0.5, 0.6) is 0 Å². The molecule has 42 heavy (non-hydrogen) atoms. The molecule has 0 aliphatic carbocycles. The van der Waals surface area contributed by atoms with E-state index in [-0.39, 0.29) is 12.0 Å². The predicted octanol–water partition coefficient (Wildman–Crippen LogP) is 2.16. The van der Waals surface area contributed by atoms with E-state index in [1.807, 2.05) is 4.72 Å². The summed E-state index contributed by atoms with van der Waals surface area (Å²) in [5, 5.41) is 11.3. The Hall–Kier alpha value is -5.05. The van der Waals surface area contributed by atoms with Gasteiger partial charge in [0, 0.05) is 32.3 Å². The third-order valence-electron chi connectivity index (χ3n) is 6.55. The first-order valence-corrected chi connectivity index (χ1v) is 13.6. The lowest BCUT2D eigenvalue weighted by Crippen LogP contribution is -2.42. The zero-order valence-electron chi connectivity index (χ0n) is 22.3. The van der Waals surface area contributed by atoms with Gasteiger partial charge in [0.05, 0.1) is 23.1 Å². The van der Waals surface area contributed by atoms with E-state index in [1.165, 1.54) is 36.9 Å². The second-order valence-corrected chi connectivity index (χ2v) is 10.9. The lowest BCUT2D eigenvalue weighted by molar-refractivity contribution is -0.139. The topological polar surface area (TPSA) is 170 Å². The fourth-order valence-corrected chi connectivity index (χ4v) is 5.15. The van der Waals surface area contributed by atoms with Crippen molar-refractivity contribution in [2.45, 2.75) is 24.5 Å². The fourth-order valence-electron chi connectivity index (χ4n) is 4.17. The smallest absolute Gasteiger partial charge is 0.330 e. The van der Waals surface area contributed by atoms with Crippen LogP contribution in [0.4, 0.5) is 14.5 Å². The Bertz CT molecular complexity index is 1920. The first kappa shape index (κ1) is 29.9.